The lowest BCUT2D eigenvalue weighted by Crippen LogP contribution is -2.53. The van der Waals surface area contributed by atoms with Gasteiger partial charge in [-0.2, -0.15) is 0 Å². The van der Waals surface area contributed by atoms with Crippen LogP contribution in [0.5, 0.6) is 0 Å². The molecule has 0 unspecified atom stereocenters. The number of halogens is 1. The van der Waals surface area contributed by atoms with E-state index >= 15 is 0 Å². The number of carbonyl (C=O) groups is 2. The van der Waals surface area contributed by atoms with Gasteiger partial charge in [-0.25, -0.2) is 9.78 Å². The number of amides is 2. The van der Waals surface area contributed by atoms with E-state index in [9.17, 15) is 9.59 Å². The molecule has 0 spiro atoms. The molecule has 1 aromatic heterocycles. The second-order valence-corrected chi connectivity index (χ2v) is 7.01. The van der Waals surface area contributed by atoms with Gasteiger partial charge < -0.3 is 20.7 Å². The third-order valence-corrected chi connectivity index (χ3v) is 3.36. The van der Waals surface area contributed by atoms with Crippen molar-refractivity contribution in [2.75, 3.05) is 10.6 Å². The normalized spacial score (nSPS) is 18.6. The van der Waals surface area contributed by atoms with E-state index in [1.165, 1.54) is 0 Å². The smallest absolute Gasteiger partial charge is 0.407 e. The molecule has 0 fully saturated rings. The van der Waals surface area contributed by atoms with Crippen LogP contribution < -0.4 is 16.0 Å². The Hall–Kier alpha value is -1.83. The van der Waals surface area contributed by atoms with Crippen LogP contribution in [0.25, 0.3) is 0 Å². The van der Waals surface area contributed by atoms with Crippen molar-refractivity contribution >= 4 is 39.4 Å². The number of anilines is 2. The Morgan fingerprint density at radius 1 is 1.50 bits per heavy atom. The van der Waals surface area contributed by atoms with Crippen LogP contribution in [-0.4, -0.2) is 34.7 Å². The number of rotatable bonds is 2. The lowest BCUT2D eigenvalue weighted by Gasteiger charge is -2.31. The summed E-state index contributed by atoms with van der Waals surface area (Å²) >= 11 is 3.30. The molecule has 0 radical (unpaired) electrons. The minimum atomic E-state index is -0.631. The second-order valence-electron chi connectivity index (χ2n) is 6.10. The molecule has 0 aliphatic carbocycles. The summed E-state index contributed by atoms with van der Waals surface area (Å²) in [6.07, 6.45) is 1.07. The first-order valence-corrected chi connectivity index (χ1v) is 7.67. The summed E-state index contributed by atoms with van der Waals surface area (Å²) in [5, 5.41) is 8.45. The molecule has 2 rings (SSSR count). The highest BCUT2D eigenvalue weighted by molar-refractivity contribution is 9.10. The molecule has 2 amide bonds. The lowest BCUT2D eigenvalue weighted by molar-refractivity contribution is -0.117. The van der Waals surface area contributed by atoms with Crippen LogP contribution in [0.4, 0.5) is 16.3 Å². The van der Waals surface area contributed by atoms with E-state index in [1.807, 2.05) is 0 Å². The summed E-state index contributed by atoms with van der Waals surface area (Å²) in [4.78, 5) is 28.2. The highest BCUT2D eigenvalue weighted by Crippen LogP contribution is 2.27. The predicted octanol–water partition coefficient (Wildman–Crippen LogP) is 2.49. The minimum Gasteiger partial charge on any atom is -0.444 e. The molecule has 2 atom stereocenters. The van der Waals surface area contributed by atoms with Gasteiger partial charge in [0.15, 0.2) is 5.82 Å². The van der Waals surface area contributed by atoms with E-state index in [4.69, 9.17) is 4.74 Å². The first-order valence-electron chi connectivity index (χ1n) is 6.88. The van der Waals surface area contributed by atoms with Crippen LogP contribution >= 0.6 is 15.9 Å². The van der Waals surface area contributed by atoms with Gasteiger partial charge in [0.2, 0.25) is 5.91 Å². The summed E-state index contributed by atoms with van der Waals surface area (Å²) < 4.78 is 5.96. The van der Waals surface area contributed by atoms with Gasteiger partial charge in [-0.05, 0) is 49.7 Å². The molecule has 1 aliphatic heterocycles. The zero-order chi connectivity index (χ0) is 16.5. The lowest BCUT2D eigenvalue weighted by atomic mass is 10.1. The van der Waals surface area contributed by atoms with E-state index in [0.29, 0.717) is 11.5 Å². The Labute approximate surface area is 137 Å². The van der Waals surface area contributed by atoms with Crippen LogP contribution in [0.3, 0.4) is 0 Å². The third-order valence-electron chi connectivity index (χ3n) is 2.93. The molecule has 3 N–H and O–H groups in total. The number of fused-ring (bicyclic) bond motifs is 1. The number of hydrogen-bond donors (Lipinski definition) is 3. The Morgan fingerprint density at radius 3 is 2.82 bits per heavy atom. The summed E-state index contributed by atoms with van der Waals surface area (Å²) in [6.45, 7) is 7.06. The summed E-state index contributed by atoms with van der Waals surface area (Å²) in [5.74, 6) is 0.321. The number of carbonyl (C=O) groups excluding carboxylic acids is 2. The van der Waals surface area contributed by atoms with Crippen LogP contribution in [0.1, 0.15) is 27.7 Å². The SMILES string of the molecule is C[C@@H](NC(=O)OC(C)(C)C)[C@@H]1Nc2ncc(Br)cc2NC1=O. The number of aromatic nitrogens is 1. The Morgan fingerprint density at radius 2 is 2.18 bits per heavy atom. The van der Waals surface area contributed by atoms with Crippen LogP contribution in [0, 0.1) is 0 Å². The number of hydrogen-bond acceptors (Lipinski definition) is 5. The number of nitrogens with zero attached hydrogens (tertiary/aromatic N) is 1. The van der Waals surface area contributed by atoms with E-state index in [0.717, 1.165) is 4.47 Å². The molecule has 0 aromatic carbocycles. The van der Waals surface area contributed by atoms with Gasteiger partial charge >= 0.3 is 6.09 Å². The maximum absolute atomic E-state index is 12.2. The molecule has 7 nitrogen and oxygen atoms in total. The van der Waals surface area contributed by atoms with Gasteiger partial charge in [0.25, 0.3) is 0 Å². The van der Waals surface area contributed by atoms with Crippen molar-refractivity contribution in [1.82, 2.24) is 10.3 Å². The maximum Gasteiger partial charge on any atom is 0.407 e. The zero-order valence-corrected chi connectivity index (χ0v) is 14.4. The summed E-state index contributed by atoms with van der Waals surface area (Å²) in [5.41, 5.74) is 0.00652. The van der Waals surface area contributed by atoms with Crippen molar-refractivity contribution in [2.45, 2.75) is 45.4 Å². The van der Waals surface area contributed by atoms with E-state index in [2.05, 4.69) is 36.9 Å². The topological polar surface area (TPSA) is 92.3 Å². The van der Waals surface area contributed by atoms with Crippen molar-refractivity contribution in [2.24, 2.45) is 0 Å². The van der Waals surface area contributed by atoms with Crippen LogP contribution in [0.15, 0.2) is 16.7 Å². The van der Waals surface area contributed by atoms with Gasteiger partial charge in [-0.15, -0.1) is 0 Å². The van der Waals surface area contributed by atoms with Crippen molar-refractivity contribution < 1.29 is 14.3 Å². The number of nitrogens with one attached hydrogen (secondary N) is 3. The first-order chi connectivity index (χ1) is 10.2. The fourth-order valence-corrected chi connectivity index (χ4v) is 2.33. The van der Waals surface area contributed by atoms with Crippen LogP contribution in [0.2, 0.25) is 0 Å². The van der Waals surface area contributed by atoms with Gasteiger partial charge in [0.1, 0.15) is 11.6 Å². The zero-order valence-electron chi connectivity index (χ0n) is 12.9. The molecular formula is C14H19BrN4O3. The molecule has 2 heterocycles. The minimum absolute atomic E-state index is 0.240. The van der Waals surface area contributed by atoms with Crippen molar-refractivity contribution in [3.8, 4) is 0 Å². The largest absolute Gasteiger partial charge is 0.444 e. The van der Waals surface area contributed by atoms with E-state index < -0.39 is 23.8 Å². The fourth-order valence-electron chi connectivity index (χ4n) is 2.00. The van der Waals surface area contributed by atoms with Gasteiger partial charge in [-0.3, -0.25) is 4.79 Å². The summed E-state index contributed by atoms with van der Waals surface area (Å²) in [7, 11) is 0. The second kappa shape index (κ2) is 6.12. The maximum atomic E-state index is 12.2. The Kier molecular flexibility index (Phi) is 4.60. The van der Waals surface area contributed by atoms with Crippen molar-refractivity contribution in [3.05, 3.63) is 16.7 Å². The predicted molar refractivity (Wildman–Crippen MR) is 86.8 cm³/mol. The standard InChI is InChI=1S/C14H19BrN4O3/c1-7(17-13(21)22-14(2,3)4)10-12(20)18-9-5-8(15)6-16-11(9)19-10/h5-7,10H,1-4H3,(H,16,19)(H,17,21)(H,18,20)/t7-,10+/m1/s1. The quantitative estimate of drug-likeness (QED) is 0.743. The molecule has 0 saturated heterocycles. The van der Waals surface area contributed by atoms with Crippen molar-refractivity contribution in [1.29, 1.82) is 0 Å². The molecule has 120 valence electrons. The average Bonchev–Trinajstić information content (AvgIpc) is 2.34. The van der Waals surface area contributed by atoms with Crippen molar-refractivity contribution in [3.63, 3.8) is 0 Å². The number of pyridine rings is 1. The molecule has 22 heavy (non-hydrogen) atoms. The van der Waals surface area contributed by atoms with E-state index in [-0.39, 0.29) is 5.91 Å². The molecule has 8 heteroatoms. The average molecular weight is 371 g/mol. The molecule has 0 bridgehead atoms. The molecule has 0 saturated carbocycles. The number of ether oxygens (including phenoxy) is 1. The fraction of sp³-hybridized carbons (Fsp3) is 0.500. The molecule has 1 aliphatic rings. The van der Waals surface area contributed by atoms with E-state index in [1.54, 1.807) is 40.0 Å². The van der Waals surface area contributed by atoms with Crippen LogP contribution in [-0.2, 0) is 9.53 Å². The summed E-state index contributed by atoms with van der Waals surface area (Å²) in [6, 6.07) is 0.664. The monoisotopic (exact) mass is 370 g/mol. The van der Waals surface area contributed by atoms with Gasteiger partial charge in [0, 0.05) is 10.7 Å². The number of alkyl carbamates (subject to hydrolysis) is 1. The molecular weight excluding hydrogens is 352 g/mol. The Bertz CT molecular complexity index is 600. The van der Waals surface area contributed by atoms with Gasteiger partial charge in [0.05, 0.1) is 11.7 Å². The highest BCUT2D eigenvalue weighted by atomic mass is 79.9. The third kappa shape index (κ3) is 4.09. The first kappa shape index (κ1) is 16.5. The van der Waals surface area contributed by atoms with Gasteiger partial charge in [-0.1, -0.05) is 0 Å². The Balaban J connectivity index is 2.05. The molecule has 1 aromatic rings. The highest BCUT2D eigenvalue weighted by Gasteiger charge is 2.32.